The van der Waals surface area contributed by atoms with E-state index in [1.54, 1.807) is 0 Å². The minimum atomic E-state index is -1.02. The maximum Gasteiger partial charge on any atom is 0.313 e. The van der Waals surface area contributed by atoms with Crippen molar-refractivity contribution in [2.45, 2.75) is 5.16 Å². The van der Waals surface area contributed by atoms with Gasteiger partial charge in [0.05, 0.1) is 15.8 Å². The van der Waals surface area contributed by atoms with Gasteiger partial charge in [-0.05, 0) is 22.6 Å². The van der Waals surface area contributed by atoms with Crippen molar-refractivity contribution in [2.75, 3.05) is 5.75 Å². The van der Waals surface area contributed by atoms with E-state index >= 15 is 0 Å². The molecule has 0 aliphatic heterocycles. The third-order valence-electron chi connectivity index (χ3n) is 1.96. The van der Waals surface area contributed by atoms with E-state index in [0.717, 1.165) is 28.6 Å². The Labute approximate surface area is 120 Å². The molecule has 2 aromatic rings. The van der Waals surface area contributed by atoms with E-state index in [9.17, 15) is 9.18 Å². The number of hydrogen-bond donors (Lipinski definition) is 1. The first kappa shape index (κ1) is 14.0. The summed E-state index contributed by atoms with van der Waals surface area (Å²) in [6.45, 7) is 0. The molecule has 0 aliphatic carbocycles. The molecule has 0 fully saturated rings. The van der Waals surface area contributed by atoms with Gasteiger partial charge in [-0.15, -0.1) is 5.10 Å². The fraction of sp³-hybridized carbons (Fsp3) is 0.111. The second-order valence-corrected chi connectivity index (χ2v) is 5.03. The first-order chi connectivity index (χ1) is 8.99. The van der Waals surface area contributed by atoms with Gasteiger partial charge in [-0.25, -0.2) is 4.39 Å². The van der Waals surface area contributed by atoms with Gasteiger partial charge in [0, 0.05) is 0 Å². The van der Waals surface area contributed by atoms with E-state index in [2.05, 4.69) is 15.5 Å². The van der Waals surface area contributed by atoms with E-state index in [4.69, 9.17) is 28.3 Å². The molecule has 0 aliphatic rings. The summed E-state index contributed by atoms with van der Waals surface area (Å²) in [5, 5.41) is 19.6. The quantitative estimate of drug-likeness (QED) is 0.870. The number of tetrazole rings is 1. The number of benzene rings is 1. The molecule has 0 atom stereocenters. The molecule has 0 amide bonds. The van der Waals surface area contributed by atoms with Gasteiger partial charge in [0.2, 0.25) is 5.16 Å². The zero-order valence-corrected chi connectivity index (χ0v) is 11.4. The predicted molar refractivity (Wildman–Crippen MR) is 67.5 cm³/mol. The van der Waals surface area contributed by atoms with Crippen LogP contribution in [-0.2, 0) is 4.79 Å². The number of carboxylic acid groups (broad SMARTS) is 1. The summed E-state index contributed by atoms with van der Waals surface area (Å²) in [7, 11) is 0. The average molecular weight is 323 g/mol. The zero-order chi connectivity index (χ0) is 14.0. The van der Waals surface area contributed by atoms with Crippen molar-refractivity contribution in [1.82, 2.24) is 20.2 Å². The lowest BCUT2D eigenvalue weighted by atomic mass is 10.3. The number of carboxylic acids is 1. The SMILES string of the molecule is O=C(O)CSc1nnnn1-c1c(Cl)cc(F)cc1Cl. The number of hydrogen-bond acceptors (Lipinski definition) is 5. The molecule has 2 rings (SSSR count). The van der Waals surface area contributed by atoms with E-state index in [-0.39, 0.29) is 26.6 Å². The summed E-state index contributed by atoms with van der Waals surface area (Å²) >= 11 is 12.7. The highest BCUT2D eigenvalue weighted by atomic mass is 35.5. The number of halogens is 3. The van der Waals surface area contributed by atoms with E-state index < -0.39 is 11.8 Å². The van der Waals surface area contributed by atoms with Crippen LogP contribution >= 0.6 is 35.0 Å². The lowest BCUT2D eigenvalue weighted by Crippen LogP contribution is -2.04. The molecule has 0 unspecified atom stereocenters. The third kappa shape index (κ3) is 3.14. The Bertz CT molecular complexity index is 613. The van der Waals surface area contributed by atoms with Crippen molar-refractivity contribution < 1.29 is 14.3 Å². The van der Waals surface area contributed by atoms with Gasteiger partial charge in [-0.3, -0.25) is 4.79 Å². The molecule has 1 N–H and O–H groups in total. The molecule has 6 nitrogen and oxygen atoms in total. The van der Waals surface area contributed by atoms with Crippen LogP contribution in [0.1, 0.15) is 0 Å². The van der Waals surface area contributed by atoms with E-state index in [1.165, 1.54) is 0 Å². The smallest absolute Gasteiger partial charge is 0.313 e. The maximum atomic E-state index is 13.1. The van der Waals surface area contributed by atoms with E-state index in [1.807, 2.05) is 0 Å². The highest BCUT2D eigenvalue weighted by Crippen LogP contribution is 2.31. The number of nitrogens with zero attached hydrogens (tertiary/aromatic N) is 4. The van der Waals surface area contributed by atoms with Crippen LogP contribution in [0.5, 0.6) is 0 Å². The van der Waals surface area contributed by atoms with Crippen LogP contribution in [0.3, 0.4) is 0 Å². The summed E-state index contributed by atoms with van der Waals surface area (Å²) in [6, 6.07) is 2.13. The van der Waals surface area contributed by atoms with Gasteiger partial charge in [0.15, 0.2) is 0 Å². The number of rotatable bonds is 4. The molecule has 100 valence electrons. The summed E-state index contributed by atoms with van der Waals surface area (Å²) in [6.07, 6.45) is 0. The molecule has 0 saturated carbocycles. The number of aliphatic carboxylic acids is 1. The lowest BCUT2D eigenvalue weighted by Gasteiger charge is -2.08. The molecular formula is C9H5Cl2FN4O2S. The number of aromatic nitrogens is 4. The lowest BCUT2D eigenvalue weighted by molar-refractivity contribution is -0.133. The summed E-state index contributed by atoms with van der Waals surface area (Å²) in [5.41, 5.74) is 0.197. The Morgan fingerprint density at radius 2 is 2.05 bits per heavy atom. The minimum Gasteiger partial charge on any atom is -0.481 e. The largest absolute Gasteiger partial charge is 0.481 e. The second-order valence-electron chi connectivity index (χ2n) is 3.27. The number of thioether (sulfide) groups is 1. The normalized spacial score (nSPS) is 10.7. The Morgan fingerprint density at radius 3 is 2.63 bits per heavy atom. The standard InChI is InChI=1S/C9H5Cl2FN4O2S/c10-5-1-4(12)2-6(11)8(5)16-9(13-14-15-16)19-3-7(17)18/h1-2H,3H2,(H,17,18). The van der Waals surface area contributed by atoms with Crippen molar-refractivity contribution >= 4 is 40.9 Å². The average Bonchev–Trinajstić information content (AvgIpc) is 2.73. The van der Waals surface area contributed by atoms with Crippen LogP contribution in [0.15, 0.2) is 17.3 Å². The molecule has 10 heteroatoms. The first-order valence-electron chi connectivity index (χ1n) is 4.77. The van der Waals surface area contributed by atoms with Gasteiger partial charge in [-0.2, -0.15) is 4.68 Å². The molecule has 1 aromatic heterocycles. The van der Waals surface area contributed by atoms with Crippen LogP contribution in [0.25, 0.3) is 5.69 Å². The van der Waals surface area contributed by atoms with Gasteiger partial charge >= 0.3 is 5.97 Å². The van der Waals surface area contributed by atoms with Gasteiger partial charge in [0.1, 0.15) is 11.5 Å². The molecule has 0 saturated heterocycles. The second kappa shape index (κ2) is 5.72. The van der Waals surface area contributed by atoms with Crippen LogP contribution in [0.4, 0.5) is 4.39 Å². The van der Waals surface area contributed by atoms with Crippen molar-refractivity contribution in [2.24, 2.45) is 0 Å². The van der Waals surface area contributed by atoms with Crippen LogP contribution in [0.2, 0.25) is 10.0 Å². The summed E-state index contributed by atoms with van der Waals surface area (Å²) < 4.78 is 14.3. The molecule has 1 heterocycles. The van der Waals surface area contributed by atoms with Crippen LogP contribution < -0.4 is 0 Å². The van der Waals surface area contributed by atoms with Crippen molar-refractivity contribution in [3.63, 3.8) is 0 Å². The van der Waals surface area contributed by atoms with Crippen molar-refractivity contribution in [1.29, 1.82) is 0 Å². The fourth-order valence-corrected chi connectivity index (χ4v) is 2.49. The Kier molecular flexibility index (Phi) is 4.23. The molecule has 19 heavy (non-hydrogen) atoms. The fourth-order valence-electron chi connectivity index (χ4n) is 1.27. The zero-order valence-electron chi connectivity index (χ0n) is 9.05. The van der Waals surface area contributed by atoms with Crippen LogP contribution in [0, 0.1) is 5.82 Å². The highest BCUT2D eigenvalue weighted by molar-refractivity contribution is 7.99. The van der Waals surface area contributed by atoms with Gasteiger partial charge in [0.25, 0.3) is 0 Å². The van der Waals surface area contributed by atoms with E-state index in [0.29, 0.717) is 0 Å². The Hall–Kier alpha value is -1.38. The minimum absolute atomic E-state index is 0.0227. The van der Waals surface area contributed by atoms with Crippen LogP contribution in [-0.4, -0.2) is 37.0 Å². The Balaban J connectivity index is 2.43. The topological polar surface area (TPSA) is 80.9 Å². The van der Waals surface area contributed by atoms with Crippen molar-refractivity contribution in [3.05, 3.63) is 28.0 Å². The predicted octanol–water partition coefficient (Wildman–Crippen LogP) is 2.28. The molecular weight excluding hydrogens is 318 g/mol. The van der Waals surface area contributed by atoms with Crippen molar-refractivity contribution in [3.8, 4) is 5.69 Å². The summed E-state index contributed by atoms with van der Waals surface area (Å²) in [4.78, 5) is 10.5. The third-order valence-corrected chi connectivity index (χ3v) is 3.44. The highest BCUT2D eigenvalue weighted by Gasteiger charge is 2.17. The monoisotopic (exact) mass is 322 g/mol. The summed E-state index contributed by atoms with van der Waals surface area (Å²) in [5.74, 6) is -1.83. The molecule has 1 aromatic carbocycles. The molecule has 0 bridgehead atoms. The van der Waals surface area contributed by atoms with Gasteiger partial charge < -0.3 is 5.11 Å². The van der Waals surface area contributed by atoms with Gasteiger partial charge in [-0.1, -0.05) is 35.0 Å². The maximum absolute atomic E-state index is 13.1. The first-order valence-corrected chi connectivity index (χ1v) is 6.51. The Morgan fingerprint density at radius 1 is 1.42 bits per heavy atom. The molecule has 0 spiro atoms. The number of carbonyl (C=O) groups is 1. The molecule has 0 radical (unpaired) electrons.